The van der Waals surface area contributed by atoms with Crippen LogP contribution in [0.4, 0.5) is 11.4 Å². The Hall–Kier alpha value is -3.55. The van der Waals surface area contributed by atoms with Gasteiger partial charge in [0.1, 0.15) is 12.1 Å². The predicted molar refractivity (Wildman–Crippen MR) is 100 cm³/mol. The number of rotatable bonds is 3. The van der Waals surface area contributed by atoms with E-state index in [1.165, 1.54) is 18.2 Å². The van der Waals surface area contributed by atoms with Crippen LogP contribution in [0.25, 0.3) is 0 Å². The molecule has 142 valence electrons. The summed E-state index contributed by atoms with van der Waals surface area (Å²) >= 11 is 0. The third kappa shape index (κ3) is 2.65. The van der Waals surface area contributed by atoms with Crippen molar-refractivity contribution in [2.24, 2.45) is 0 Å². The number of aryl methyl sites for hydroxylation is 1. The van der Waals surface area contributed by atoms with Gasteiger partial charge in [-0.05, 0) is 37.5 Å². The minimum Gasteiger partial charge on any atom is -0.308 e. The second-order valence-electron chi connectivity index (χ2n) is 6.93. The van der Waals surface area contributed by atoms with Crippen LogP contribution in [-0.2, 0) is 11.2 Å². The van der Waals surface area contributed by atoms with E-state index in [0.717, 1.165) is 29.0 Å². The van der Waals surface area contributed by atoms with E-state index >= 15 is 0 Å². The van der Waals surface area contributed by atoms with Gasteiger partial charge in [-0.15, -0.1) is 0 Å². The summed E-state index contributed by atoms with van der Waals surface area (Å²) < 4.78 is 0. The zero-order valence-electron chi connectivity index (χ0n) is 15.1. The molecule has 2 heterocycles. The summed E-state index contributed by atoms with van der Waals surface area (Å²) in [5.74, 6) is -1.88. The number of carbonyl (C=O) groups is 3. The number of para-hydroxylation sites is 1. The first-order valence-electron chi connectivity index (χ1n) is 8.93. The van der Waals surface area contributed by atoms with Crippen molar-refractivity contribution >= 4 is 29.1 Å². The Morgan fingerprint density at radius 2 is 1.89 bits per heavy atom. The maximum atomic E-state index is 13.0. The van der Waals surface area contributed by atoms with E-state index in [-0.39, 0.29) is 17.2 Å². The van der Waals surface area contributed by atoms with E-state index in [1.807, 2.05) is 31.2 Å². The molecule has 0 fully saturated rings. The second-order valence-corrected chi connectivity index (χ2v) is 6.93. The van der Waals surface area contributed by atoms with Crippen molar-refractivity contribution in [2.75, 3.05) is 11.4 Å². The molecule has 28 heavy (non-hydrogen) atoms. The molecule has 0 N–H and O–H groups in total. The molecule has 0 aromatic heterocycles. The number of amides is 3. The summed E-state index contributed by atoms with van der Waals surface area (Å²) in [6.45, 7) is 1.46. The van der Waals surface area contributed by atoms with E-state index in [2.05, 4.69) is 0 Å². The van der Waals surface area contributed by atoms with E-state index in [9.17, 15) is 24.5 Å². The molecule has 2 aromatic rings. The maximum absolute atomic E-state index is 13.0. The number of hydrogen-bond donors (Lipinski definition) is 0. The fraction of sp³-hybridized carbons (Fsp3) is 0.250. The van der Waals surface area contributed by atoms with Gasteiger partial charge in [0.15, 0.2) is 0 Å². The van der Waals surface area contributed by atoms with Crippen molar-refractivity contribution < 1.29 is 19.3 Å². The summed E-state index contributed by atoms with van der Waals surface area (Å²) in [7, 11) is 0. The number of carbonyl (C=O) groups excluding carboxylic acids is 3. The van der Waals surface area contributed by atoms with Crippen LogP contribution in [0.5, 0.6) is 0 Å². The van der Waals surface area contributed by atoms with E-state index in [1.54, 1.807) is 4.90 Å². The molecule has 4 rings (SSSR count). The number of nitro benzene ring substituents is 1. The largest absolute Gasteiger partial charge is 0.308 e. The highest BCUT2D eigenvalue weighted by Crippen LogP contribution is 2.33. The normalized spacial score (nSPS) is 18.1. The van der Waals surface area contributed by atoms with Crippen molar-refractivity contribution in [3.63, 3.8) is 0 Å². The zero-order chi connectivity index (χ0) is 20.0. The number of nitro groups is 1. The average molecular weight is 379 g/mol. The topological polar surface area (TPSA) is 101 Å². The maximum Gasteiger partial charge on any atom is 0.282 e. The minimum atomic E-state index is -0.807. The van der Waals surface area contributed by atoms with Crippen LogP contribution < -0.4 is 4.90 Å². The number of imide groups is 1. The summed E-state index contributed by atoms with van der Waals surface area (Å²) in [6, 6.07) is 11.4. The highest BCUT2D eigenvalue weighted by Gasteiger charge is 2.42. The second kappa shape index (κ2) is 6.56. The fourth-order valence-electron chi connectivity index (χ4n) is 3.89. The molecule has 0 saturated carbocycles. The number of fused-ring (bicyclic) bond motifs is 2. The number of benzene rings is 2. The monoisotopic (exact) mass is 379 g/mol. The van der Waals surface area contributed by atoms with Crippen LogP contribution in [0, 0.1) is 10.1 Å². The van der Waals surface area contributed by atoms with Crippen LogP contribution >= 0.6 is 0 Å². The van der Waals surface area contributed by atoms with Crippen molar-refractivity contribution in [3.8, 4) is 0 Å². The lowest BCUT2D eigenvalue weighted by molar-refractivity contribution is -0.385. The molecular weight excluding hydrogens is 362 g/mol. The number of anilines is 1. The van der Waals surface area contributed by atoms with Gasteiger partial charge in [-0.2, -0.15) is 0 Å². The van der Waals surface area contributed by atoms with Crippen LogP contribution in [0.1, 0.15) is 39.6 Å². The molecular formula is C20H17N3O5. The Labute approximate surface area is 160 Å². The van der Waals surface area contributed by atoms with Crippen LogP contribution in [-0.4, -0.2) is 40.1 Å². The molecule has 2 aliphatic rings. The standard InChI is InChI=1S/C20H17N3O5/c1-12-9-10-13-5-2-3-7-15(13)22(12)17(24)11-21-19(25)14-6-4-8-16(23(27)28)18(14)20(21)26/h2-8,12H,9-11H2,1H3. The lowest BCUT2D eigenvalue weighted by atomic mass is 9.96. The number of hydrogen-bond acceptors (Lipinski definition) is 5. The highest BCUT2D eigenvalue weighted by molar-refractivity contribution is 6.24. The van der Waals surface area contributed by atoms with Crippen LogP contribution in [0.3, 0.4) is 0 Å². The highest BCUT2D eigenvalue weighted by atomic mass is 16.6. The molecule has 0 radical (unpaired) electrons. The Morgan fingerprint density at radius 3 is 2.64 bits per heavy atom. The fourth-order valence-corrected chi connectivity index (χ4v) is 3.89. The molecule has 1 unspecified atom stereocenters. The van der Waals surface area contributed by atoms with E-state index in [0.29, 0.717) is 0 Å². The van der Waals surface area contributed by atoms with Gasteiger partial charge < -0.3 is 4.90 Å². The van der Waals surface area contributed by atoms with E-state index in [4.69, 9.17) is 0 Å². The van der Waals surface area contributed by atoms with Crippen molar-refractivity contribution in [2.45, 2.75) is 25.8 Å². The third-order valence-electron chi connectivity index (χ3n) is 5.26. The Morgan fingerprint density at radius 1 is 1.14 bits per heavy atom. The van der Waals surface area contributed by atoms with Crippen LogP contribution in [0.15, 0.2) is 42.5 Å². The smallest absolute Gasteiger partial charge is 0.282 e. The quantitative estimate of drug-likeness (QED) is 0.463. The summed E-state index contributed by atoms with van der Waals surface area (Å²) in [4.78, 5) is 51.3. The summed E-state index contributed by atoms with van der Waals surface area (Å²) in [6.07, 6.45) is 1.62. The molecule has 8 heteroatoms. The summed E-state index contributed by atoms with van der Waals surface area (Å²) in [5, 5.41) is 11.2. The predicted octanol–water partition coefficient (Wildman–Crippen LogP) is 2.56. The van der Waals surface area contributed by atoms with Crippen molar-refractivity contribution in [1.82, 2.24) is 4.90 Å². The number of nitrogens with zero attached hydrogens (tertiary/aromatic N) is 3. The molecule has 2 aromatic carbocycles. The van der Waals surface area contributed by atoms with Gasteiger partial charge in [0.05, 0.1) is 10.5 Å². The third-order valence-corrected chi connectivity index (χ3v) is 5.26. The lowest BCUT2D eigenvalue weighted by Crippen LogP contribution is -2.48. The van der Waals surface area contributed by atoms with Gasteiger partial charge in [0.25, 0.3) is 17.5 Å². The molecule has 0 bridgehead atoms. The van der Waals surface area contributed by atoms with Gasteiger partial charge >= 0.3 is 0 Å². The molecule has 3 amide bonds. The van der Waals surface area contributed by atoms with Gasteiger partial charge in [-0.1, -0.05) is 24.3 Å². The van der Waals surface area contributed by atoms with Gasteiger partial charge in [0.2, 0.25) is 5.91 Å². The first-order chi connectivity index (χ1) is 13.4. The van der Waals surface area contributed by atoms with Crippen molar-refractivity contribution in [3.05, 3.63) is 69.3 Å². The first-order valence-corrected chi connectivity index (χ1v) is 8.93. The average Bonchev–Trinajstić information content (AvgIpc) is 2.92. The summed E-state index contributed by atoms with van der Waals surface area (Å²) in [5.41, 5.74) is 1.08. The lowest BCUT2D eigenvalue weighted by Gasteiger charge is -2.36. The molecule has 0 saturated heterocycles. The molecule has 1 atom stereocenters. The Kier molecular flexibility index (Phi) is 4.18. The van der Waals surface area contributed by atoms with Gasteiger partial charge in [-0.25, -0.2) is 0 Å². The Bertz CT molecular complexity index is 1030. The van der Waals surface area contributed by atoms with Gasteiger partial charge in [0, 0.05) is 17.8 Å². The molecule has 2 aliphatic heterocycles. The Balaban J connectivity index is 1.65. The van der Waals surface area contributed by atoms with E-state index < -0.39 is 34.9 Å². The minimum absolute atomic E-state index is 0.0425. The first kappa shape index (κ1) is 17.8. The van der Waals surface area contributed by atoms with Crippen LogP contribution in [0.2, 0.25) is 0 Å². The zero-order valence-corrected chi connectivity index (χ0v) is 15.1. The molecule has 0 aliphatic carbocycles. The molecule has 0 spiro atoms. The molecule has 8 nitrogen and oxygen atoms in total. The SMILES string of the molecule is CC1CCc2ccccc2N1C(=O)CN1C(=O)c2cccc([N+](=O)[O-])c2C1=O. The van der Waals surface area contributed by atoms with Gasteiger partial charge in [-0.3, -0.25) is 29.4 Å². The van der Waals surface area contributed by atoms with Crippen molar-refractivity contribution in [1.29, 1.82) is 0 Å².